The van der Waals surface area contributed by atoms with E-state index in [2.05, 4.69) is 5.32 Å². The van der Waals surface area contributed by atoms with Gasteiger partial charge in [0.2, 0.25) is 17.7 Å². The summed E-state index contributed by atoms with van der Waals surface area (Å²) in [6.45, 7) is -0.481. The smallest absolute Gasteiger partial charge is 0.248 e. The maximum Gasteiger partial charge on any atom is 0.248 e. The summed E-state index contributed by atoms with van der Waals surface area (Å²) < 4.78 is 20.3. The van der Waals surface area contributed by atoms with Gasteiger partial charge in [-0.2, -0.15) is 0 Å². The molecule has 0 aliphatic carbocycles. The van der Waals surface area contributed by atoms with Crippen LogP contribution in [0, 0.1) is 0 Å². The summed E-state index contributed by atoms with van der Waals surface area (Å²) in [5, 5.41) is 1.32. The van der Waals surface area contributed by atoms with Crippen LogP contribution in [0.1, 0.15) is 16.8 Å². The lowest BCUT2D eigenvalue weighted by Crippen LogP contribution is -2.37. The molecule has 0 bridgehead atoms. The van der Waals surface area contributed by atoms with Crippen LogP contribution in [0.2, 0.25) is 0 Å². The monoisotopic (exact) mass is 464 g/mol. The third-order valence-corrected chi connectivity index (χ3v) is 4.91. The second-order valence-corrected chi connectivity index (χ2v) is 6.85. The molecule has 128 valence electrons. The SMILES string of the molecule is O=C(CI)Nc1ccc(C(=O)CN2C(=O)CC(S(=O)O)C2=O)cc1. The number of amides is 3. The van der Waals surface area contributed by atoms with Crippen LogP contribution in [0.15, 0.2) is 24.3 Å². The number of carbonyl (C=O) groups excluding carboxylic acids is 4. The standard InChI is InChI=1S/C14H13IN2O6S/c15-6-12(19)16-9-3-1-8(2-4-9)10(18)7-17-13(20)5-11(14(17)21)24(22)23/h1-4,11H,5-7H2,(H,16,19)(H,22,23). The van der Waals surface area contributed by atoms with Gasteiger partial charge in [-0.1, -0.05) is 22.6 Å². The molecule has 2 unspecified atom stereocenters. The predicted molar refractivity (Wildman–Crippen MR) is 94.2 cm³/mol. The number of likely N-dealkylation sites (tertiary alicyclic amines) is 1. The summed E-state index contributed by atoms with van der Waals surface area (Å²) in [7, 11) is 0. The Morgan fingerprint density at radius 1 is 1.29 bits per heavy atom. The summed E-state index contributed by atoms with van der Waals surface area (Å²) in [5.41, 5.74) is 0.786. The Hall–Kier alpha value is -1.66. The van der Waals surface area contributed by atoms with E-state index in [1.165, 1.54) is 24.3 Å². The molecule has 3 amide bonds. The number of halogens is 1. The zero-order chi connectivity index (χ0) is 17.9. The molecule has 0 radical (unpaired) electrons. The van der Waals surface area contributed by atoms with Gasteiger partial charge < -0.3 is 9.87 Å². The van der Waals surface area contributed by atoms with Gasteiger partial charge in [0.05, 0.1) is 17.4 Å². The molecule has 8 nitrogen and oxygen atoms in total. The third kappa shape index (κ3) is 4.24. The summed E-state index contributed by atoms with van der Waals surface area (Å²) in [4.78, 5) is 47.8. The fraction of sp³-hybridized carbons (Fsp3) is 0.286. The number of anilines is 1. The van der Waals surface area contributed by atoms with Crippen molar-refractivity contribution in [1.29, 1.82) is 0 Å². The predicted octanol–water partition coefficient (Wildman–Crippen LogP) is 0.592. The van der Waals surface area contributed by atoms with Gasteiger partial charge in [-0.15, -0.1) is 0 Å². The Morgan fingerprint density at radius 3 is 2.42 bits per heavy atom. The maximum absolute atomic E-state index is 12.2. The van der Waals surface area contributed by atoms with Crippen LogP contribution in [0.25, 0.3) is 0 Å². The van der Waals surface area contributed by atoms with Crippen molar-refractivity contribution in [3.05, 3.63) is 29.8 Å². The van der Waals surface area contributed by atoms with Crippen molar-refractivity contribution in [3.63, 3.8) is 0 Å². The fourth-order valence-electron chi connectivity index (χ4n) is 2.15. The number of Topliss-reactive ketones (excluding diaryl/α,β-unsaturated/α-hetero) is 1. The van der Waals surface area contributed by atoms with E-state index in [-0.39, 0.29) is 17.9 Å². The Labute approximate surface area is 153 Å². The highest BCUT2D eigenvalue weighted by molar-refractivity contribution is 14.1. The highest BCUT2D eigenvalue weighted by Gasteiger charge is 2.42. The molecule has 0 spiro atoms. The Morgan fingerprint density at radius 2 is 1.92 bits per heavy atom. The summed E-state index contributed by atoms with van der Waals surface area (Å²) in [5.74, 6) is -2.12. The van der Waals surface area contributed by atoms with Crippen LogP contribution >= 0.6 is 22.6 Å². The molecular formula is C14H13IN2O6S. The number of carbonyl (C=O) groups is 4. The van der Waals surface area contributed by atoms with Crippen molar-refractivity contribution in [1.82, 2.24) is 4.90 Å². The number of hydrogen-bond acceptors (Lipinski definition) is 5. The van der Waals surface area contributed by atoms with Crippen molar-refractivity contribution < 1.29 is 27.9 Å². The lowest BCUT2D eigenvalue weighted by atomic mass is 10.1. The lowest BCUT2D eigenvalue weighted by molar-refractivity contribution is -0.137. The van der Waals surface area contributed by atoms with Crippen LogP contribution in [-0.2, 0) is 25.5 Å². The van der Waals surface area contributed by atoms with Gasteiger partial charge in [0, 0.05) is 11.3 Å². The maximum atomic E-state index is 12.2. The number of imide groups is 1. The first-order chi connectivity index (χ1) is 11.3. The molecule has 1 aliphatic rings. The number of benzene rings is 1. The van der Waals surface area contributed by atoms with Gasteiger partial charge in [-0.3, -0.25) is 24.1 Å². The van der Waals surface area contributed by atoms with Crippen molar-refractivity contribution in [2.24, 2.45) is 0 Å². The second-order valence-electron chi connectivity index (χ2n) is 4.97. The average Bonchev–Trinajstić information content (AvgIpc) is 2.83. The van der Waals surface area contributed by atoms with Crippen LogP contribution < -0.4 is 5.32 Å². The molecule has 1 heterocycles. The number of hydrogen-bond donors (Lipinski definition) is 2. The van der Waals surface area contributed by atoms with E-state index in [0.717, 1.165) is 0 Å². The molecule has 1 saturated heterocycles. The topological polar surface area (TPSA) is 121 Å². The quantitative estimate of drug-likeness (QED) is 0.209. The normalized spacial score (nSPS) is 18.6. The molecule has 10 heteroatoms. The molecule has 1 aliphatic heterocycles. The first kappa shape index (κ1) is 18.7. The van der Waals surface area contributed by atoms with E-state index in [4.69, 9.17) is 4.55 Å². The summed E-state index contributed by atoms with van der Waals surface area (Å²) >= 11 is -0.526. The molecule has 1 aromatic rings. The highest BCUT2D eigenvalue weighted by atomic mass is 127. The number of alkyl halides is 1. The number of rotatable bonds is 6. The molecule has 24 heavy (non-hydrogen) atoms. The molecule has 0 saturated carbocycles. The van der Waals surface area contributed by atoms with E-state index in [1.807, 2.05) is 22.6 Å². The Balaban J connectivity index is 2.05. The molecule has 2 rings (SSSR count). The zero-order valence-corrected chi connectivity index (χ0v) is 15.2. The average molecular weight is 464 g/mol. The lowest BCUT2D eigenvalue weighted by Gasteiger charge is -2.13. The van der Waals surface area contributed by atoms with Gasteiger partial charge in [0.15, 0.2) is 16.9 Å². The molecule has 2 N–H and O–H groups in total. The van der Waals surface area contributed by atoms with E-state index in [0.29, 0.717) is 15.0 Å². The number of nitrogens with one attached hydrogen (secondary N) is 1. The van der Waals surface area contributed by atoms with Crippen molar-refractivity contribution >= 4 is 62.9 Å². The van der Waals surface area contributed by atoms with Crippen molar-refractivity contribution in [2.45, 2.75) is 11.7 Å². The van der Waals surface area contributed by atoms with Crippen molar-refractivity contribution in [3.8, 4) is 0 Å². The minimum Gasteiger partial charge on any atom is -0.325 e. The Kier molecular flexibility index (Phi) is 6.18. The summed E-state index contributed by atoms with van der Waals surface area (Å²) in [6.07, 6.45) is -0.378. The van der Waals surface area contributed by atoms with Gasteiger partial charge in [0.1, 0.15) is 5.25 Å². The first-order valence-corrected chi connectivity index (χ1v) is 9.46. The number of ketones is 1. The van der Waals surface area contributed by atoms with Gasteiger partial charge in [0.25, 0.3) is 0 Å². The fourth-order valence-corrected chi connectivity index (χ4v) is 2.92. The third-order valence-electron chi connectivity index (χ3n) is 3.36. The van der Waals surface area contributed by atoms with Crippen LogP contribution in [0.3, 0.4) is 0 Å². The largest absolute Gasteiger partial charge is 0.325 e. The molecule has 0 aromatic heterocycles. The first-order valence-electron chi connectivity index (χ1n) is 6.76. The number of nitrogens with zero attached hydrogens (tertiary/aromatic N) is 1. The van der Waals surface area contributed by atoms with E-state index >= 15 is 0 Å². The van der Waals surface area contributed by atoms with Gasteiger partial charge in [-0.25, -0.2) is 4.21 Å². The summed E-state index contributed by atoms with van der Waals surface area (Å²) in [6, 6.07) is 6.02. The molecule has 1 aromatic carbocycles. The zero-order valence-electron chi connectivity index (χ0n) is 12.2. The minimum absolute atomic E-state index is 0.175. The van der Waals surface area contributed by atoms with Crippen LogP contribution in [-0.4, -0.2) is 53.4 Å². The second kappa shape index (κ2) is 7.94. The van der Waals surface area contributed by atoms with E-state index in [1.54, 1.807) is 0 Å². The molecule has 2 atom stereocenters. The Bertz CT molecular complexity index is 720. The van der Waals surface area contributed by atoms with Crippen molar-refractivity contribution in [2.75, 3.05) is 16.3 Å². The minimum atomic E-state index is -2.45. The van der Waals surface area contributed by atoms with Gasteiger partial charge in [-0.05, 0) is 24.3 Å². The molecule has 1 fully saturated rings. The van der Waals surface area contributed by atoms with E-state index in [9.17, 15) is 23.4 Å². The highest BCUT2D eigenvalue weighted by Crippen LogP contribution is 2.18. The van der Waals surface area contributed by atoms with Gasteiger partial charge >= 0.3 is 0 Å². The van der Waals surface area contributed by atoms with E-state index < -0.39 is 40.5 Å². The van der Waals surface area contributed by atoms with Crippen LogP contribution in [0.4, 0.5) is 5.69 Å². The molecular weight excluding hydrogens is 451 g/mol. The van der Waals surface area contributed by atoms with Crippen LogP contribution in [0.5, 0.6) is 0 Å².